The van der Waals surface area contributed by atoms with Gasteiger partial charge in [-0.25, -0.2) is 4.68 Å². The first kappa shape index (κ1) is 17.2. The number of aromatic nitrogens is 2. The van der Waals surface area contributed by atoms with Gasteiger partial charge in [0.25, 0.3) is 0 Å². The standard InChI is InChI=1S/C17H19F2N3O3/c1-10-13(11(2)22(21-10)17(18)19)8-16(23)20-6-5-12-3-4-14-15(7-12)25-9-24-14/h3-4,7,17H,5-6,8-9H2,1-2H3,(H,20,23). The molecule has 0 saturated heterocycles. The van der Waals surface area contributed by atoms with Crippen molar-refractivity contribution >= 4 is 5.91 Å². The van der Waals surface area contributed by atoms with Crippen LogP contribution in [0.5, 0.6) is 11.5 Å². The molecule has 0 saturated carbocycles. The summed E-state index contributed by atoms with van der Waals surface area (Å²) >= 11 is 0. The number of carbonyl (C=O) groups excluding carboxylic acids is 1. The largest absolute Gasteiger partial charge is 0.454 e. The summed E-state index contributed by atoms with van der Waals surface area (Å²) in [7, 11) is 0. The van der Waals surface area contributed by atoms with Crippen LogP contribution in [0.1, 0.15) is 29.1 Å². The zero-order valence-corrected chi connectivity index (χ0v) is 14.0. The molecule has 1 amide bonds. The maximum Gasteiger partial charge on any atom is 0.333 e. The van der Waals surface area contributed by atoms with Gasteiger partial charge in [0, 0.05) is 17.8 Å². The third-order valence-corrected chi connectivity index (χ3v) is 4.17. The van der Waals surface area contributed by atoms with Crippen molar-refractivity contribution in [1.82, 2.24) is 15.1 Å². The highest BCUT2D eigenvalue weighted by Crippen LogP contribution is 2.32. The molecule has 0 unspecified atom stereocenters. The predicted molar refractivity (Wildman–Crippen MR) is 85.9 cm³/mol. The molecule has 0 atom stereocenters. The van der Waals surface area contributed by atoms with E-state index in [0.717, 1.165) is 11.3 Å². The number of benzene rings is 1. The van der Waals surface area contributed by atoms with E-state index in [1.54, 1.807) is 13.8 Å². The smallest absolute Gasteiger partial charge is 0.333 e. The molecule has 0 radical (unpaired) electrons. The number of hydrogen-bond donors (Lipinski definition) is 1. The molecule has 1 aliphatic rings. The summed E-state index contributed by atoms with van der Waals surface area (Å²) in [5.41, 5.74) is 2.32. The summed E-state index contributed by atoms with van der Waals surface area (Å²) in [6.07, 6.45) is 0.669. The molecule has 8 heteroatoms. The van der Waals surface area contributed by atoms with Crippen LogP contribution in [0.3, 0.4) is 0 Å². The van der Waals surface area contributed by atoms with Gasteiger partial charge in [0.2, 0.25) is 12.7 Å². The molecular weight excluding hydrogens is 332 g/mol. The lowest BCUT2D eigenvalue weighted by atomic mass is 10.1. The normalized spacial score (nSPS) is 12.7. The average molecular weight is 351 g/mol. The summed E-state index contributed by atoms with van der Waals surface area (Å²) in [4.78, 5) is 12.1. The lowest BCUT2D eigenvalue weighted by Gasteiger charge is -2.07. The first-order chi connectivity index (χ1) is 12.0. The molecule has 0 spiro atoms. The molecule has 1 aliphatic heterocycles. The first-order valence-corrected chi connectivity index (χ1v) is 7.93. The fraction of sp³-hybridized carbons (Fsp3) is 0.412. The topological polar surface area (TPSA) is 65.4 Å². The number of rotatable bonds is 6. The van der Waals surface area contributed by atoms with E-state index in [-0.39, 0.29) is 19.1 Å². The van der Waals surface area contributed by atoms with E-state index in [9.17, 15) is 13.6 Å². The van der Waals surface area contributed by atoms with Crippen molar-refractivity contribution in [1.29, 1.82) is 0 Å². The van der Waals surface area contributed by atoms with Crippen LogP contribution < -0.4 is 14.8 Å². The Balaban J connectivity index is 1.53. The van der Waals surface area contributed by atoms with E-state index >= 15 is 0 Å². The number of amides is 1. The number of carbonyl (C=O) groups is 1. The molecule has 0 aliphatic carbocycles. The van der Waals surface area contributed by atoms with E-state index in [1.165, 1.54) is 0 Å². The number of nitrogens with zero attached hydrogens (tertiary/aromatic N) is 2. The van der Waals surface area contributed by atoms with Crippen molar-refractivity contribution in [3.05, 3.63) is 40.7 Å². The van der Waals surface area contributed by atoms with Gasteiger partial charge in [0.05, 0.1) is 12.1 Å². The highest BCUT2D eigenvalue weighted by Gasteiger charge is 2.19. The number of fused-ring (bicyclic) bond motifs is 1. The van der Waals surface area contributed by atoms with Crippen molar-refractivity contribution < 1.29 is 23.0 Å². The van der Waals surface area contributed by atoms with Crippen LogP contribution in [-0.2, 0) is 17.6 Å². The van der Waals surface area contributed by atoms with Crippen LogP contribution in [0, 0.1) is 13.8 Å². The third-order valence-electron chi connectivity index (χ3n) is 4.17. The molecular formula is C17H19F2N3O3. The number of nitrogens with one attached hydrogen (secondary N) is 1. The van der Waals surface area contributed by atoms with Crippen LogP contribution in [-0.4, -0.2) is 29.0 Å². The third kappa shape index (κ3) is 3.72. The van der Waals surface area contributed by atoms with E-state index < -0.39 is 6.55 Å². The second-order valence-electron chi connectivity index (χ2n) is 5.84. The second kappa shape index (κ2) is 7.08. The van der Waals surface area contributed by atoms with Gasteiger partial charge in [-0.3, -0.25) is 4.79 Å². The van der Waals surface area contributed by atoms with Gasteiger partial charge in [-0.05, 0) is 38.0 Å². The molecule has 3 rings (SSSR count). The lowest BCUT2D eigenvalue weighted by molar-refractivity contribution is -0.120. The monoisotopic (exact) mass is 351 g/mol. The van der Waals surface area contributed by atoms with Crippen LogP contribution in [0.2, 0.25) is 0 Å². The zero-order valence-electron chi connectivity index (χ0n) is 14.0. The molecule has 25 heavy (non-hydrogen) atoms. The van der Waals surface area contributed by atoms with Crippen LogP contribution >= 0.6 is 0 Å². The fourth-order valence-electron chi connectivity index (χ4n) is 2.81. The maximum absolute atomic E-state index is 12.8. The van der Waals surface area contributed by atoms with Gasteiger partial charge in [-0.2, -0.15) is 13.9 Å². The molecule has 0 fully saturated rings. The quantitative estimate of drug-likeness (QED) is 0.869. The minimum atomic E-state index is -2.71. The molecule has 2 heterocycles. The van der Waals surface area contributed by atoms with Gasteiger partial charge in [0.1, 0.15) is 0 Å². The van der Waals surface area contributed by atoms with E-state index in [0.29, 0.717) is 40.3 Å². The first-order valence-electron chi connectivity index (χ1n) is 7.93. The molecule has 1 aromatic carbocycles. The Morgan fingerprint density at radius 3 is 2.80 bits per heavy atom. The Morgan fingerprint density at radius 1 is 1.32 bits per heavy atom. The van der Waals surface area contributed by atoms with Crippen molar-refractivity contribution in [2.24, 2.45) is 0 Å². The van der Waals surface area contributed by atoms with Gasteiger partial charge in [-0.15, -0.1) is 0 Å². The van der Waals surface area contributed by atoms with Crippen LogP contribution in [0.4, 0.5) is 8.78 Å². The van der Waals surface area contributed by atoms with Gasteiger partial charge >= 0.3 is 6.55 Å². The van der Waals surface area contributed by atoms with E-state index in [4.69, 9.17) is 9.47 Å². The summed E-state index contributed by atoms with van der Waals surface area (Å²) in [6.45, 7) is 1.13. The SMILES string of the molecule is Cc1nn(C(F)F)c(C)c1CC(=O)NCCc1ccc2c(c1)OCO2. The van der Waals surface area contributed by atoms with Crippen molar-refractivity contribution in [2.75, 3.05) is 13.3 Å². The number of ether oxygens (including phenoxy) is 2. The van der Waals surface area contributed by atoms with E-state index in [2.05, 4.69) is 10.4 Å². The van der Waals surface area contributed by atoms with Crippen LogP contribution in [0.15, 0.2) is 18.2 Å². The lowest BCUT2D eigenvalue weighted by Crippen LogP contribution is -2.27. The predicted octanol–water partition coefficient (Wildman–Crippen LogP) is 2.53. The molecule has 1 aromatic heterocycles. The maximum atomic E-state index is 12.8. The number of aryl methyl sites for hydroxylation is 1. The minimum absolute atomic E-state index is 0.0333. The Kier molecular flexibility index (Phi) is 4.87. The van der Waals surface area contributed by atoms with Gasteiger partial charge in [-0.1, -0.05) is 6.07 Å². The Hall–Kier alpha value is -2.64. The summed E-state index contributed by atoms with van der Waals surface area (Å²) in [5.74, 6) is 1.20. The number of halogens is 2. The zero-order chi connectivity index (χ0) is 18.0. The van der Waals surface area contributed by atoms with Crippen molar-refractivity contribution in [3.63, 3.8) is 0 Å². The molecule has 0 bridgehead atoms. The van der Waals surface area contributed by atoms with E-state index in [1.807, 2.05) is 18.2 Å². The molecule has 1 N–H and O–H groups in total. The average Bonchev–Trinajstić information content (AvgIpc) is 3.14. The number of hydrogen-bond acceptors (Lipinski definition) is 4. The van der Waals surface area contributed by atoms with Crippen molar-refractivity contribution in [2.45, 2.75) is 33.2 Å². The summed E-state index contributed by atoms with van der Waals surface area (Å²) in [5, 5.41) is 6.59. The molecule has 134 valence electrons. The Morgan fingerprint density at radius 2 is 2.08 bits per heavy atom. The minimum Gasteiger partial charge on any atom is -0.454 e. The highest BCUT2D eigenvalue weighted by molar-refractivity contribution is 5.79. The van der Waals surface area contributed by atoms with Gasteiger partial charge < -0.3 is 14.8 Å². The van der Waals surface area contributed by atoms with Gasteiger partial charge in [0.15, 0.2) is 11.5 Å². The number of alkyl halides is 2. The Labute approximate surface area is 143 Å². The second-order valence-corrected chi connectivity index (χ2v) is 5.84. The summed E-state index contributed by atoms with van der Waals surface area (Å²) in [6, 6.07) is 5.64. The highest BCUT2D eigenvalue weighted by atomic mass is 19.3. The summed E-state index contributed by atoms with van der Waals surface area (Å²) < 4.78 is 36.9. The Bertz CT molecular complexity index is 790. The fourth-order valence-corrected chi connectivity index (χ4v) is 2.81. The van der Waals surface area contributed by atoms with Crippen molar-refractivity contribution in [3.8, 4) is 11.5 Å². The molecule has 2 aromatic rings. The van der Waals surface area contributed by atoms with Crippen LogP contribution in [0.25, 0.3) is 0 Å². The molecule has 6 nitrogen and oxygen atoms in total.